The van der Waals surface area contributed by atoms with E-state index in [1.54, 1.807) is 6.07 Å². The van der Waals surface area contributed by atoms with Gasteiger partial charge in [-0.3, -0.25) is 4.98 Å². The first-order valence-electron chi connectivity index (χ1n) is 7.84. The van der Waals surface area contributed by atoms with Gasteiger partial charge in [-0.1, -0.05) is 64.7 Å². The predicted molar refractivity (Wildman–Crippen MR) is 79.7 cm³/mol. The monoisotopic (exact) mass is 267 g/mol. The van der Waals surface area contributed by atoms with Crippen molar-refractivity contribution >= 4 is 0 Å². The fraction of sp³-hybridized carbons (Fsp3) is 0.750. The molecule has 0 unspecified atom stereocenters. The summed E-state index contributed by atoms with van der Waals surface area (Å²) >= 11 is 0. The second kappa shape index (κ2) is 9.76. The number of hydrogen-bond donors (Lipinski definition) is 3. The normalized spacial score (nSPS) is 11.0. The maximum absolute atomic E-state index is 9.46. The number of unbranched alkanes of at least 4 members (excludes halogenated alkanes) is 9. The number of aromatic hydroxyl groups is 2. The first kappa shape index (κ1) is 15.9. The lowest BCUT2D eigenvalue weighted by atomic mass is 10.0. The predicted octanol–water partition coefficient (Wildman–Crippen LogP) is 4.89. The highest BCUT2D eigenvalue weighted by Crippen LogP contribution is 2.23. The van der Waals surface area contributed by atoms with Gasteiger partial charge in [0.1, 0.15) is 0 Å². The Morgan fingerprint density at radius 1 is 0.842 bits per heavy atom. The van der Waals surface area contributed by atoms with Gasteiger partial charge >= 0.3 is 0 Å². The average molecular weight is 267 g/mol. The quantitative estimate of drug-likeness (QED) is 0.500. The zero-order valence-corrected chi connectivity index (χ0v) is 12.2. The molecule has 1 aromatic heterocycles. The summed E-state index contributed by atoms with van der Waals surface area (Å²) in [6.45, 7) is 2.25. The van der Waals surface area contributed by atoms with Gasteiger partial charge in [0.2, 0.25) is 0 Å². The van der Waals surface area contributed by atoms with Gasteiger partial charge in [0.25, 0.3) is 0 Å². The third-order valence-electron chi connectivity index (χ3n) is 3.66. The maximum atomic E-state index is 9.46. The van der Waals surface area contributed by atoms with Crippen LogP contribution in [0.1, 0.15) is 76.7 Å². The van der Waals surface area contributed by atoms with Gasteiger partial charge in [-0.15, -0.1) is 0 Å². The average Bonchev–Trinajstić information content (AvgIpc) is 2.70. The minimum Gasteiger partial charge on any atom is -0.495 e. The largest absolute Gasteiger partial charge is 0.495 e. The van der Waals surface area contributed by atoms with Crippen LogP contribution in [0.25, 0.3) is 0 Å². The van der Waals surface area contributed by atoms with E-state index in [2.05, 4.69) is 11.9 Å². The van der Waals surface area contributed by atoms with Crippen LogP contribution in [0.15, 0.2) is 6.07 Å². The molecule has 0 aliphatic heterocycles. The molecule has 0 spiro atoms. The highest BCUT2D eigenvalue weighted by molar-refractivity contribution is 5.32. The van der Waals surface area contributed by atoms with Crippen LogP contribution in [0.2, 0.25) is 0 Å². The molecule has 0 aliphatic rings. The molecule has 0 atom stereocenters. The van der Waals surface area contributed by atoms with Crippen LogP contribution in [0, 0.1) is 0 Å². The van der Waals surface area contributed by atoms with E-state index in [9.17, 15) is 10.2 Å². The number of nitrogens with one attached hydrogen (secondary N) is 1. The Balaban J connectivity index is 1.90. The SMILES string of the molecule is CCCCCCCCCCCCc1cc(O)[nH]c1O. The molecule has 3 N–H and O–H groups in total. The summed E-state index contributed by atoms with van der Waals surface area (Å²) < 4.78 is 0. The van der Waals surface area contributed by atoms with Crippen LogP contribution in [-0.4, -0.2) is 15.2 Å². The van der Waals surface area contributed by atoms with Crippen molar-refractivity contribution in [2.45, 2.75) is 77.6 Å². The molecular formula is C16H29NO2. The molecule has 0 saturated carbocycles. The summed E-state index contributed by atoms with van der Waals surface area (Å²) in [5.74, 6) is 0.174. The molecule has 0 fully saturated rings. The second-order valence-corrected chi connectivity index (χ2v) is 5.46. The van der Waals surface area contributed by atoms with Crippen molar-refractivity contribution in [1.82, 2.24) is 4.98 Å². The van der Waals surface area contributed by atoms with Gasteiger partial charge in [-0.05, 0) is 12.8 Å². The van der Waals surface area contributed by atoms with Crippen molar-refractivity contribution in [3.05, 3.63) is 11.6 Å². The number of rotatable bonds is 11. The van der Waals surface area contributed by atoms with Crippen LogP contribution in [0.4, 0.5) is 0 Å². The van der Waals surface area contributed by atoms with E-state index in [4.69, 9.17) is 0 Å². The third-order valence-corrected chi connectivity index (χ3v) is 3.66. The Labute approximate surface area is 117 Å². The van der Waals surface area contributed by atoms with Gasteiger partial charge in [-0.25, -0.2) is 0 Å². The number of aryl methyl sites for hydroxylation is 1. The topological polar surface area (TPSA) is 56.2 Å². The molecule has 3 heteroatoms. The van der Waals surface area contributed by atoms with E-state index in [-0.39, 0.29) is 11.8 Å². The van der Waals surface area contributed by atoms with Crippen molar-refractivity contribution in [3.8, 4) is 11.8 Å². The number of H-pyrrole nitrogens is 1. The van der Waals surface area contributed by atoms with Crippen LogP contribution in [0.5, 0.6) is 11.8 Å². The molecular weight excluding hydrogens is 238 g/mol. The van der Waals surface area contributed by atoms with Crippen LogP contribution < -0.4 is 0 Å². The molecule has 1 heterocycles. The maximum Gasteiger partial charge on any atom is 0.194 e. The van der Waals surface area contributed by atoms with Gasteiger partial charge in [-0.2, -0.15) is 0 Å². The smallest absolute Gasteiger partial charge is 0.194 e. The highest BCUT2D eigenvalue weighted by atomic mass is 16.3. The fourth-order valence-corrected chi connectivity index (χ4v) is 2.46. The first-order chi connectivity index (χ1) is 9.24. The summed E-state index contributed by atoms with van der Waals surface area (Å²) in [6, 6.07) is 1.61. The lowest BCUT2D eigenvalue weighted by molar-refractivity contribution is 0.422. The molecule has 0 aliphatic carbocycles. The van der Waals surface area contributed by atoms with Crippen molar-refractivity contribution in [1.29, 1.82) is 0 Å². The number of aromatic nitrogens is 1. The Morgan fingerprint density at radius 3 is 1.84 bits per heavy atom. The molecule has 110 valence electrons. The van der Waals surface area contributed by atoms with E-state index in [0.717, 1.165) is 18.4 Å². The zero-order valence-electron chi connectivity index (χ0n) is 12.2. The van der Waals surface area contributed by atoms with E-state index >= 15 is 0 Å². The summed E-state index contributed by atoms with van der Waals surface area (Å²) in [6.07, 6.45) is 14.0. The zero-order chi connectivity index (χ0) is 13.9. The van der Waals surface area contributed by atoms with Gasteiger partial charge < -0.3 is 10.2 Å². The Bertz CT molecular complexity index is 333. The van der Waals surface area contributed by atoms with Gasteiger partial charge in [0, 0.05) is 11.6 Å². The van der Waals surface area contributed by atoms with Crippen molar-refractivity contribution in [2.75, 3.05) is 0 Å². The first-order valence-corrected chi connectivity index (χ1v) is 7.84. The van der Waals surface area contributed by atoms with Crippen molar-refractivity contribution < 1.29 is 10.2 Å². The molecule has 0 aromatic carbocycles. The third kappa shape index (κ3) is 7.14. The van der Waals surface area contributed by atoms with Gasteiger partial charge in [0.15, 0.2) is 11.8 Å². The Morgan fingerprint density at radius 2 is 1.37 bits per heavy atom. The molecule has 0 bridgehead atoms. The standard InChI is InChI=1S/C16H29NO2/c1-2-3-4-5-6-7-8-9-10-11-12-14-13-15(18)17-16(14)19/h13,17-19H,2-12H2,1H3. The second-order valence-electron chi connectivity index (χ2n) is 5.46. The molecule has 1 aromatic rings. The van der Waals surface area contributed by atoms with Gasteiger partial charge in [0.05, 0.1) is 0 Å². The van der Waals surface area contributed by atoms with E-state index in [0.29, 0.717) is 0 Å². The molecule has 0 radical (unpaired) electrons. The summed E-state index contributed by atoms with van der Waals surface area (Å²) in [5.41, 5.74) is 0.831. The van der Waals surface area contributed by atoms with Crippen molar-refractivity contribution in [2.24, 2.45) is 0 Å². The molecule has 19 heavy (non-hydrogen) atoms. The van der Waals surface area contributed by atoms with Crippen LogP contribution >= 0.6 is 0 Å². The lowest BCUT2D eigenvalue weighted by Crippen LogP contribution is -1.85. The molecule has 0 amide bonds. The highest BCUT2D eigenvalue weighted by Gasteiger charge is 2.05. The summed E-state index contributed by atoms with van der Waals surface area (Å²) in [5, 5.41) is 18.6. The number of hydrogen-bond acceptors (Lipinski definition) is 2. The van der Waals surface area contributed by atoms with Crippen molar-refractivity contribution in [3.63, 3.8) is 0 Å². The van der Waals surface area contributed by atoms with Crippen LogP contribution in [0.3, 0.4) is 0 Å². The van der Waals surface area contributed by atoms with E-state index in [1.165, 1.54) is 57.8 Å². The molecule has 0 saturated heterocycles. The van der Waals surface area contributed by atoms with Crippen LogP contribution in [-0.2, 0) is 6.42 Å². The summed E-state index contributed by atoms with van der Waals surface area (Å²) in [7, 11) is 0. The fourth-order valence-electron chi connectivity index (χ4n) is 2.46. The van der Waals surface area contributed by atoms with E-state index < -0.39 is 0 Å². The minimum atomic E-state index is 0.0552. The number of aromatic amines is 1. The molecule has 3 nitrogen and oxygen atoms in total. The Hall–Kier alpha value is -1.12. The molecule has 1 rings (SSSR count). The minimum absolute atomic E-state index is 0.0552. The lowest BCUT2D eigenvalue weighted by Gasteiger charge is -2.02. The summed E-state index contributed by atoms with van der Waals surface area (Å²) in [4.78, 5) is 2.50. The Kier molecular flexibility index (Phi) is 8.19. The van der Waals surface area contributed by atoms with E-state index in [1.807, 2.05) is 0 Å².